The molecule has 3 heterocycles. The lowest BCUT2D eigenvalue weighted by molar-refractivity contribution is -0.0534. The molecule has 0 unspecified atom stereocenters. The van der Waals surface area contributed by atoms with E-state index in [4.69, 9.17) is 21.1 Å². The zero-order valence-electron chi connectivity index (χ0n) is 13.1. The van der Waals surface area contributed by atoms with Crippen molar-refractivity contribution in [2.75, 3.05) is 13.2 Å². The van der Waals surface area contributed by atoms with Gasteiger partial charge in [0, 0.05) is 11.2 Å². The monoisotopic (exact) mass is 375 g/mol. The molecular formula is C17H14ClN3O3S. The number of rotatable bonds is 3. The maximum atomic E-state index is 12.9. The van der Waals surface area contributed by atoms with E-state index in [0.29, 0.717) is 38.9 Å². The Balaban J connectivity index is 1.90. The van der Waals surface area contributed by atoms with Crippen LogP contribution in [0.2, 0.25) is 5.02 Å². The molecule has 0 spiro atoms. The molecule has 0 amide bonds. The van der Waals surface area contributed by atoms with Gasteiger partial charge < -0.3 is 9.47 Å². The van der Waals surface area contributed by atoms with Crippen LogP contribution in [0.25, 0.3) is 10.2 Å². The van der Waals surface area contributed by atoms with Crippen LogP contribution in [-0.2, 0) is 16.0 Å². The number of pyridine rings is 1. The predicted molar refractivity (Wildman–Crippen MR) is 96.2 cm³/mol. The smallest absolute Gasteiger partial charge is 0.263 e. The van der Waals surface area contributed by atoms with Crippen LogP contribution in [0.5, 0.6) is 0 Å². The van der Waals surface area contributed by atoms with Crippen LogP contribution in [0.1, 0.15) is 0 Å². The molecule has 3 aromatic rings. The summed E-state index contributed by atoms with van der Waals surface area (Å²) >= 11 is 7.28. The number of ether oxygens (including phenoxy) is 2. The highest BCUT2D eigenvalue weighted by molar-refractivity contribution is 7.15. The summed E-state index contributed by atoms with van der Waals surface area (Å²) in [6, 6.07) is 10.6. The third-order valence-corrected chi connectivity index (χ3v) is 5.00. The Morgan fingerprint density at radius 1 is 1.24 bits per heavy atom. The van der Waals surface area contributed by atoms with Crippen molar-refractivity contribution in [3.8, 4) is 0 Å². The molecule has 0 aliphatic carbocycles. The zero-order valence-corrected chi connectivity index (χ0v) is 14.7. The fourth-order valence-electron chi connectivity index (χ4n) is 2.54. The maximum Gasteiger partial charge on any atom is 0.263 e. The second-order valence-electron chi connectivity index (χ2n) is 5.42. The third kappa shape index (κ3) is 3.50. The van der Waals surface area contributed by atoms with Gasteiger partial charge in [0.2, 0.25) is 0 Å². The Morgan fingerprint density at radius 2 is 2.00 bits per heavy atom. The van der Waals surface area contributed by atoms with Crippen molar-refractivity contribution in [3.63, 3.8) is 0 Å². The molecule has 1 aromatic carbocycles. The van der Waals surface area contributed by atoms with Gasteiger partial charge in [-0.25, -0.2) is 9.98 Å². The van der Waals surface area contributed by atoms with Gasteiger partial charge in [0.15, 0.2) is 11.1 Å². The SMILES string of the molecule is O=c1c2cccnc2s/c(=N\c2ccc(Cl)cc2)n1CC1OCCO1. The van der Waals surface area contributed by atoms with Crippen molar-refractivity contribution in [1.29, 1.82) is 0 Å². The molecule has 1 fully saturated rings. The highest BCUT2D eigenvalue weighted by atomic mass is 35.5. The molecule has 1 aliphatic rings. The first kappa shape index (κ1) is 16.4. The molecule has 128 valence electrons. The van der Waals surface area contributed by atoms with E-state index in [0.717, 1.165) is 0 Å². The van der Waals surface area contributed by atoms with Crippen molar-refractivity contribution in [1.82, 2.24) is 9.55 Å². The number of halogens is 1. The molecule has 0 N–H and O–H groups in total. The summed E-state index contributed by atoms with van der Waals surface area (Å²) in [6.07, 6.45) is 1.22. The number of nitrogens with zero attached hydrogens (tertiary/aromatic N) is 3. The van der Waals surface area contributed by atoms with Crippen LogP contribution in [-0.4, -0.2) is 29.1 Å². The first-order valence-corrected chi connectivity index (χ1v) is 8.92. The third-order valence-electron chi connectivity index (χ3n) is 3.74. The van der Waals surface area contributed by atoms with E-state index in [1.165, 1.54) is 11.3 Å². The van der Waals surface area contributed by atoms with Gasteiger partial charge in [0.25, 0.3) is 5.56 Å². The van der Waals surface area contributed by atoms with Crippen LogP contribution in [0.15, 0.2) is 52.4 Å². The molecule has 25 heavy (non-hydrogen) atoms. The Morgan fingerprint density at radius 3 is 2.76 bits per heavy atom. The minimum Gasteiger partial charge on any atom is -0.348 e. The van der Waals surface area contributed by atoms with E-state index in [1.807, 2.05) is 0 Å². The largest absolute Gasteiger partial charge is 0.348 e. The Labute approximate surface area is 152 Å². The van der Waals surface area contributed by atoms with Gasteiger partial charge in [-0.2, -0.15) is 0 Å². The van der Waals surface area contributed by atoms with Gasteiger partial charge in [-0.15, -0.1) is 0 Å². The fraction of sp³-hybridized carbons (Fsp3) is 0.235. The summed E-state index contributed by atoms with van der Waals surface area (Å²) in [5, 5.41) is 1.19. The van der Waals surface area contributed by atoms with Gasteiger partial charge in [-0.05, 0) is 36.4 Å². The van der Waals surface area contributed by atoms with Crippen molar-refractivity contribution in [3.05, 3.63) is 62.8 Å². The van der Waals surface area contributed by atoms with Gasteiger partial charge in [0.1, 0.15) is 4.83 Å². The van der Waals surface area contributed by atoms with Gasteiger partial charge >= 0.3 is 0 Å². The number of hydrogen-bond acceptors (Lipinski definition) is 6. The molecule has 1 saturated heterocycles. The second-order valence-corrected chi connectivity index (χ2v) is 6.81. The average molecular weight is 376 g/mol. The van der Waals surface area contributed by atoms with Gasteiger partial charge in [0.05, 0.1) is 30.8 Å². The molecule has 8 heteroatoms. The lowest BCUT2D eigenvalue weighted by atomic mass is 10.3. The second kappa shape index (κ2) is 7.05. The average Bonchev–Trinajstić information content (AvgIpc) is 3.13. The number of benzene rings is 1. The minimum absolute atomic E-state index is 0.159. The summed E-state index contributed by atoms with van der Waals surface area (Å²) in [4.78, 5) is 23.0. The summed E-state index contributed by atoms with van der Waals surface area (Å²) in [5.74, 6) is 0. The molecule has 6 nitrogen and oxygen atoms in total. The standard InChI is InChI=1S/C17H14ClN3O3S/c18-11-3-5-12(6-4-11)20-17-21(10-14-23-8-9-24-14)16(22)13-2-1-7-19-15(13)25-17/h1-7,14H,8-10H2/b20-17-. The van der Waals surface area contributed by atoms with E-state index in [2.05, 4.69) is 9.98 Å². The highest BCUT2D eigenvalue weighted by Gasteiger charge is 2.19. The van der Waals surface area contributed by atoms with Crippen molar-refractivity contribution in [2.24, 2.45) is 4.99 Å². The van der Waals surface area contributed by atoms with E-state index in [9.17, 15) is 4.79 Å². The van der Waals surface area contributed by atoms with Crippen LogP contribution >= 0.6 is 22.9 Å². The molecule has 2 aromatic heterocycles. The number of aromatic nitrogens is 2. The molecule has 0 saturated carbocycles. The van der Waals surface area contributed by atoms with E-state index in [-0.39, 0.29) is 12.1 Å². The normalized spacial score (nSPS) is 16.0. The summed E-state index contributed by atoms with van der Waals surface area (Å²) in [6.45, 7) is 1.34. The van der Waals surface area contributed by atoms with Gasteiger partial charge in [-0.3, -0.25) is 9.36 Å². The molecule has 0 bridgehead atoms. The van der Waals surface area contributed by atoms with Crippen molar-refractivity contribution in [2.45, 2.75) is 12.8 Å². The predicted octanol–water partition coefficient (Wildman–Crippen LogP) is 2.72. The Hall–Kier alpha value is -2.06. The number of fused-ring (bicyclic) bond motifs is 1. The molecular weight excluding hydrogens is 362 g/mol. The molecule has 0 radical (unpaired) electrons. The van der Waals surface area contributed by atoms with Crippen LogP contribution < -0.4 is 10.4 Å². The lowest BCUT2D eigenvalue weighted by Gasteiger charge is -2.12. The molecule has 1 aliphatic heterocycles. The maximum absolute atomic E-state index is 12.9. The summed E-state index contributed by atoms with van der Waals surface area (Å²) in [5.41, 5.74) is 0.547. The Kier molecular flexibility index (Phi) is 4.63. The quantitative estimate of drug-likeness (QED) is 0.706. The number of hydrogen-bond donors (Lipinski definition) is 0. The summed E-state index contributed by atoms with van der Waals surface area (Å²) in [7, 11) is 0. The topological polar surface area (TPSA) is 65.7 Å². The fourth-order valence-corrected chi connectivity index (χ4v) is 3.64. The first-order valence-electron chi connectivity index (χ1n) is 7.73. The highest BCUT2D eigenvalue weighted by Crippen LogP contribution is 2.16. The van der Waals surface area contributed by atoms with Crippen LogP contribution in [0.3, 0.4) is 0 Å². The summed E-state index contributed by atoms with van der Waals surface area (Å²) < 4.78 is 12.6. The van der Waals surface area contributed by atoms with E-state index < -0.39 is 6.29 Å². The molecule has 4 rings (SSSR count). The van der Waals surface area contributed by atoms with E-state index >= 15 is 0 Å². The van der Waals surface area contributed by atoms with Crippen molar-refractivity contribution >= 4 is 38.8 Å². The van der Waals surface area contributed by atoms with Crippen LogP contribution in [0, 0.1) is 0 Å². The lowest BCUT2D eigenvalue weighted by Crippen LogP contribution is -2.36. The first-order chi connectivity index (χ1) is 12.2. The van der Waals surface area contributed by atoms with Gasteiger partial charge in [-0.1, -0.05) is 22.9 Å². The van der Waals surface area contributed by atoms with E-state index in [1.54, 1.807) is 47.2 Å². The van der Waals surface area contributed by atoms with Crippen molar-refractivity contribution < 1.29 is 9.47 Å². The van der Waals surface area contributed by atoms with Crippen LogP contribution in [0.4, 0.5) is 5.69 Å². The zero-order chi connectivity index (χ0) is 17.2. The Bertz CT molecular complexity index is 1020. The minimum atomic E-state index is -0.446. The molecule has 0 atom stereocenters.